The highest BCUT2D eigenvalue weighted by atomic mass is 16.5. The standard InChI is InChI=1S/C28H32N2O2/c1-3-9-23(10-4-1)19-29-17-18-31-26(21-29)22-32-27-15-7-13-25-14-8-16-30(28(25)27)20-24-11-5-2-6-12-24/h1-7,9-13,15,26H,8,14,16-22H2/t26-/m0/s1. The Labute approximate surface area is 191 Å². The highest BCUT2D eigenvalue weighted by Crippen LogP contribution is 2.37. The van der Waals surface area contributed by atoms with Gasteiger partial charge in [0, 0.05) is 32.7 Å². The Morgan fingerprint density at radius 2 is 1.56 bits per heavy atom. The van der Waals surface area contributed by atoms with Gasteiger partial charge in [-0.2, -0.15) is 0 Å². The normalized spacial score (nSPS) is 18.9. The molecule has 0 amide bonds. The summed E-state index contributed by atoms with van der Waals surface area (Å²) in [7, 11) is 0. The van der Waals surface area contributed by atoms with Gasteiger partial charge in [0.15, 0.2) is 0 Å². The summed E-state index contributed by atoms with van der Waals surface area (Å²) in [5, 5.41) is 0. The number of aryl methyl sites for hydroxylation is 1. The zero-order chi connectivity index (χ0) is 21.6. The van der Waals surface area contributed by atoms with Gasteiger partial charge < -0.3 is 14.4 Å². The third-order valence-electron chi connectivity index (χ3n) is 6.39. The van der Waals surface area contributed by atoms with Gasteiger partial charge in [0.2, 0.25) is 0 Å². The Hall–Kier alpha value is -2.82. The Balaban J connectivity index is 1.25. The maximum Gasteiger partial charge on any atom is 0.143 e. The van der Waals surface area contributed by atoms with E-state index >= 15 is 0 Å². The van der Waals surface area contributed by atoms with Gasteiger partial charge in [-0.15, -0.1) is 0 Å². The van der Waals surface area contributed by atoms with Crippen LogP contribution in [-0.2, 0) is 24.2 Å². The van der Waals surface area contributed by atoms with Gasteiger partial charge in [-0.25, -0.2) is 0 Å². The second-order valence-corrected chi connectivity index (χ2v) is 8.80. The van der Waals surface area contributed by atoms with E-state index in [9.17, 15) is 0 Å². The molecular weight excluding hydrogens is 396 g/mol. The minimum absolute atomic E-state index is 0.0921. The Morgan fingerprint density at radius 3 is 2.34 bits per heavy atom. The summed E-state index contributed by atoms with van der Waals surface area (Å²) < 4.78 is 12.5. The zero-order valence-electron chi connectivity index (χ0n) is 18.7. The third kappa shape index (κ3) is 5.14. The maximum atomic E-state index is 6.42. The molecule has 0 saturated carbocycles. The SMILES string of the molecule is c1ccc(CN2CCO[C@H](COc3cccc4c3N(Cc3ccccc3)CCC4)C2)cc1. The fraction of sp³-hybridized carbons (Fsp3) is 0.357. The Morgan fingerprint density at radius 1 is 0.812 bits per heavy atom. The molecule has 4 heteroatoms. The van der Waals surface area contributed by atoms with E-state index in [1.54, 1.807) is 0 Å². The van der Waals surface area contributed by atoms with Crippen LogP contribution in [0.3, 0.4) is 0 Å². The minimum atomic E-state index is 0.0921. The molecule has 2 aliphatic rings. The highest BCUT2D eigenvalue weighted by molar-refractivity contribution is 5.65. The first-order valence-electron chi connectivity index (χ1n) is 11.8. The van der Waals surface area contributed by atoms with E-state index in [4.69, 9.17) is 9.47 Å². The van der Waals surface area contributed by atoms with Crippen LogP contribution in [0.5, 0.6) is 5.75 Å². The average molecular weight is 429 g/mol. The summed E-state index contributed by atoms with van der Waals surface area (Å²) in [6.07, 6.45) is 2.39. The van der Waals surface area contributed by atoms with Crippen LogP contribution in [0, 0.1) is 0 Å². The van der Waals surface area contributed by atoms with Crippen LogP contribution >= 0.6 is 0 Å². The van der Waals surface area contributed by atoms with Crippen LogP contribution in [0.4, 0.5) is 5.69 Å². The molecule has 0 radical (unpaired) electrons. The maximum absolute atomic E-state index is 6.42. The van der Waals surface area contributed by atoms with Gasteiger partial charge in [0.1, 0.15) is 18.5 Å². The molecule has 0 aliphatic carbocycles. The summed E-state index contributed by atoms with van der Waals surface area (Å²) in [5.41, 5.74) is 5.34. The lowest BCUT2D eigenvalue weighted by molar-refractivity contribution is -0.0503. The van der Waals surface area contributed by atoms with Crippen LogP contribution in [0.2, 0.25) is 0 Å². The van der Waals surface area contributed by atoms with E-state index in [0.717, 1.165) is 51.5 Å². The van der Waals surface area contributed by atoms with Crippen LogP contribution in [0.1, 0.15) is 23.1 Å². The minimum Gasteiger partial charge on any atom is -0.489 e. The topological polar surface area (TPSA) is 24.9 Å². The number of rotatable bonds is 7. The number of hydrogen-bond acceptors (Lipinski definition) is 4. The number of anilines is 1. The lowest BCUT2D eigenvalue weighted by atomic mass is 10.00. The molecule has 0 N–H and O–H groups in total. The van der Waals surface area contributed by atoms with E-state index in [1.165, 1.54) is 28.8 Å². The third-order valence-corrected chi connectivity index (χ3v) is 6.39. The van der Waals surface area contributed by atoms with Crippen LogP contribution in [-0.4, -0.2) is 43.9 Å². The number of nitrogens with zero attached hydrogens (tertiary/aromatic N) is 2. The summed E-state index contributed by atoms with van der Waals surface area (Å²) in [4.78, 5) is 4.95. The van der Waals surface area contributed by atoms with Gasteiger partial charge in [-0.05, 0) is 35.6 Å². The molecule has 32 heavy (non-hydrogen) atoms. The van der Waals surface area contributed by atoms with Crippen molar-refractivity contribution in [1.82, 2.24) is 4.90 Å². The molecule has 1 fully saturated rings. The summed E-state index contributed by atoms with van der Waals surface area (Å²) >= 11 is 0. The smallest absolute Gasteiger partial charge is 0.143 e. The highest BCUT2D eigenvalue weighted by Gasteiger charge is 2.24. The summed E-state index contributed by atoms with van der Waals surface area (Å²) in [5.74, 6) is 0.988. The lowest BCUT2D eigenvalue weighted by Crippen LogP contribution is -2.44. The van der Waals surface area contributed by atoms with Gasteiger partial charge in [-0.3, -0.25) is 4.90 Å². The van der Waals surface area contributed by atoms with Gasteiger partial charge in [-0.1, -0.05) is 72.8 Å². The first kappa shape index (κ1) is 21.0. The van der Waals surface area contributed by atoms with Crippen molar-refractivity contribution in [2.45, 2.75) is 32.0 Å². The first-order valence-corrected chi connectivity index (χ1v) is 11.8. The molecule has 4 nitrogen and oxygen atoms in total. The number of fused-ring (bicyclic) bond motifs is 1. The van der Waals surface area contributed by atoms with Crippen LogP contribution < -0.4 is 9.64 Å². The average Bonchev–Trinajstić information content (AvgIpc) is 2.84. The largest absolute Gasteiger partial charge is 0.489 e. The van der Waals surface area contributed by atoms with Gasteiger partial charge in [0.05, 0.1) is 12.3 Å². The molecule has 3 aromatic rings. The van der Waals surface area contributed by atoms with Crippen molar-refractivity contribution in [3.8, 4) is 5.75 Å². The number of morpholine rings is 1. The fourth-order valence-corrected chi connectivity index (χ4v) is 4.83. The Kier molecular flexibility index (Phi) is 6.71. The van der Waals surface area contributed by atoms with Crippen molar-refractivity contribution < 1.29 is 9.47 Å². The molecule has 2 aliphatic heterocycles. The monoisotopic (exact) mass is 428 g/mol. The number of para-hydroxylation sites is 1. The van der Waals surface area contributed by atoms with Gasteiger partial charge in [0.25, 0.3) is 0 Å². The molecular formula is C28H32N2O2. The quantitative estimate of drug-likeness (QED) is 0.533. The van der Waals surface area contributed by atoms with Crippen molar-refractivity contribution in [3.05, 3.63) is 95.6 Å². The van der Waals surface area contributed by atoms with Crippen molar-refractivity contribution in [2.24, 2.45) is 0 Å². The number of hydrogen-bond donors (Lipinski definition) is 0. The van der Waals surface area contributed by atoms with Crippen LogP contribution in [0.25, 0.3) is 0 Å². The molecule has 0 unspecified atom stereocenters. The van der Waals surface area contributed by atoms with E-state index in [1.807, 2.05) is 0 Å². The molecule has 2 heterocycles. The van der Waals surface area contributed by atoms with Crippen molar-refractivity contribution >= 4 is 5.69 Å². The molecule has 5 rings (SSSR count). The van der Waals surface area contributed by atoms with Crippen molar-refractivity contribution in [1.29, 1.82) is 0 Å². The summed E-state index contributed by atoms with van der Waals surface area (Å²) in [6.45, 7) is 6.15. The molecule has 1 atom stereocenters. The molecule has 3 aromatic carbocycles. The molecule has 0 bridgehead atoms. The number of benzene rings is 3. The van der Waals surface area contributed by atoms with E-state index in [-0.39, 0.29) is 6.10 Å². The molecule has 0 aromatic heterocycles. The van der Waals surface area contributed by atoms with E-state index < -0.39 is 0 Å². The molecule has 1 saturated heterocycles. The van der Waals surface area contributed by atoms with E-state index in [2.05, 4.69) is 88.7 Å². The van der Waals surface area contributed by atoms with Crippen molar-refractivity contribution in [2.75, 3.05) is 37.7 Å². The molecule has 166 valence electrons. The first-order chi connectivity index (χ1) is 15.8. The van der Waals surface area contributed by atoms with Gasteiger partial charge >= 0.3 is 0 Å². The second-order valence-electron chi connectivity index (χ2n) is 8.80. The molecule has 0 spiro atoms. The predicted octanol–water partition coefficient (Wildman–Crippen LogP) is 4.92. The van der Waals surface area contributed by atoms with Crippen LogP contribution in [0.15, 0.2) is 78.9 Å². The lowest BCUT2D eigenvalue weighted by Gasteiger charge is -2.35. The Bertz CT molecular complexity index is 993. The van der Waals surface area contributed by atoms with E-state index in [0.29, 0.717) is 6.61 Å². The summed E-state index contributed by atoms with van der Waals surface area (Å²) in [6, 6.07) is 27.9. The zero-order valence-corrected chi connectivity index (χ0v) is 18.7. The fourth-order valence-electron chi connectivity index (χ4n) is 4.83. The second kappa shape index (κ2) is 10.2. The van der Waals surface area contributed by atoms with Crippen molar-refractivity contribution in [3.63, 3.8) is 0 Å². The number of ether oxygens (including phenoxy) is 2. The predicted molar refractivity (Wildman–Crippen MR) is 129 cm³/mol.